The van der Waals surface area contributed by atoms with Crippen LogP contribution in [-0.2, 0) is 4.79 Å². The lowest BCUT2D eigenvalue weighted by atomic mass is 10.1. The molecule has 2 heterocycles. The number of hydrogen-bond donors (Lipinski definition) is 2. The molecule has 1 atom stereocenters. The van der Waals surface area contributed by atoms with E-state index in [4.69, 9.17) is 9.84 Å². The number of nitrogens with zero attached hydrogens (tertiary/aromatic N) is 1. The van der Waals surface area contributed by atoms with Crippen LogP contribution in [-0.4, -0.2) is 58.1 Å². The van der Waals surface area contributed by atoms with Gasteiger partial charge in [0.2, 0.25) is 0 Å². The SMILES string of the molecule is COc1ccc(F)c2[nH]c(C(=O)N3CCSCC3CC(=O)O)cc12. The summed E-state index contributed by atoms with van der Waals surface area (Å²) in [6.07, 6.45) is -0.101. The van der Waals surface area contributed by atoms with Crippen molar-refractivity contribution < 1.29 is 23.8 Å². The molecule has 24 heavy (non-hydrogen) atoms. The maximum absolute atomic E-state index is 14.0. The second-order valence-electron chi connectivity index (χ2n) is 5.55. The standard InChI is InChI=1S/C16H17FN2O4S/c1-23-13-3-2-11(17)15-10(13)7-12(18-15)16(22)19-4-5-24-8-9(19)6-14(20)21/h2-3,7,9,18H,4-6,8H2,1H3,(H,20,21). The molecule has 1 fully saturated rings. The van der Waals surface area contributed by atoms with Crippen molar-refractivity contribution in [1.82, 2.24) is 9.88 Å². The number of hydrogen-bond acceptors (Lipinski definition) is 4. The quantitative estimate of drug-likeness (QED) is 0.883. The number of carboxylic acid groups (broad SMARTS) is 1. The number of carboxylic acids is 1. The molecule has 0 aliphatic carbocycles. The van der Waals surface area contributed by atoms with Gasteiger partial charge in [-0.15, -0.1) is 0 Å². The van der Waals surface area contributed by atoms with Crippen LogP contribution in [0.3, 0.4) is 0 Å². The van der Waals surface area contributed by atoms with Gasteiger partial charge in [0.25, 0.3) is 5.91 Å². The van der Waals surface area contributed by atoms with Gasteiger partial charge < -0.3 is 19.7 Å². The molecule has 1 saturated heterocycles. The Bertz CT molecular complexity index is 792. The number of carbonyl (C=O) groups excluding carboxylic acids is 1. The summed E-state index contributed by atoms with van der Waals surface area (Å²) in [4.78, 5) is 28.2. The molecule has 2 aromatic rings. The van der Waals surface area contributed by atoms with E-state index in [1.54, 1.807) is 22.7 Å². The van der Waals surface area contributed by atoms with Crippen LogP contribution in [0.15, 0.2) is 18.2 Å². The molecule has 6 nitrogen and oxygen atoms in total. The van der Waals surface area contributed by atoms with E-state index in [1.165, 1.54) is 19.2 Å². The molecule has 0 radical (unpaired) electrons. The number of aromatic nitrogens is 1. The van der Waals surface area contributed by atoms with Crippen LogP contribution >= 0.6 is 11.8 Å². The third-order valence-electron chi connectivity index (χ3n) is 4.05. The summed E-state index contributed by atoms with van der Waals surface area (Å²) in [5.41, 5.74) is 0.439. The van der Waals surface area contributed by atoms with E-state index in [0.717, 1.165) is 5.75 Å². The molecule has 1 amide bonds. The molecule has 8 heteroatoms. The number of thioether (sulfide) groups is 1. The van der Waals surface area contributed by atoms with Crippen LogP contribution in [0.5, 0.6) is 5.75 Å². The molecule has 1 unspecified atom stereocenters. The summed E-state index contributed by atoms with van der Waals surface area (Å²) < 4.78 is 19.2. The van der Waals surface area contributed by atoms with Crippen LogP contribution in [0.4, 0.5) is 4.39 Å². The molecular formula is C16H17FN2O4S. The summed E-state index contributed by atoms with van der Waals surface area (Å²) >= 11 is 1.63. The fourth-order valence-corrected chi connectivity index (χ4v) is 3.96. The highest BCUT2D eigenvalue weighted by molar-refractivity contribution is 7.99. The smallest absolute Gasteiger partial charge is 0.305 e. The third kappa shape index (κ3) is 3.06. The van der Waals surface area contributed by atoms with Crippen molar-refractivity contribution in [2.24, 2.45) is 0 Å². The number of aromatic amines is 1. The minimum Gasteiger partial charge on any atom is -0.496 e. The highest BCUT2D eigenvalue weighted by atomic mass is 32.2. The van der Waals surface area contributed by atoms with E-state index >= 15 is 0 Å². The third-order valence-corrected chi connectivity index (χ3v) is 5.14. The lowest BCUT2D eigenvalue weighted by Gasteiger charge is -2.34. The minimum atomic E-state index is -0.940. The van der Waals surface area contributed by atoms with Gasteiger partial charge in [-0.25, -0.2) is 4.39 Å². The lowest BCUT2D eigenvalue weighted by Crippen LogP contribution is -2.47. The average molecular weight is 352 g/mol. The first-order valence-corrected chi connectivity index (χ1v) is 8.62. The van der Waals surface area contributed by atoms with Crippen LogP contribution < -0.4 is 4.74 Å². The maximum atomic E-state index is 14.0. The topological polar surface area (TPSA) is 82.6 Å². The Morgan fingerprint density at radius 3 is 3.00 bits per heavy atom. The zero-order chi connectivity index (χ0) is 17.3. The van der Waals surface area contributed by atoms with Gasteiger partial charge in [-0.1, -0.05) is 0 Å². The second-order valence-corrected chi connectivity index (χ2v) is 6.70. The van der Waals surface area contributed by atoms with Crippen LogP contribution in [0.1, 0.15) is 16.9 Å². The zero-order valence-electron chi connectivity index (χ0n) is 13.0. The Labute approximate surface area is 142 Å². The first-order chi connectivity index (χ1) is 11.5. The fourth-order valence-electron chi connectivity index (χ4n) is 2.90. The van der Waals surface area contributed by atoms with Crippen molar-refractivity contribution in [1.29, 1.82) is 0 Å². The second kappa shape index (κ2) is 6.72. The Kier molecular flexibility index (Phi) is 4.66. The van der Waals surface area contributed by atoms with Crippen molar-refractivity contribution in [3.8, 4) is 5.75 Å². The number of benzene rings is 1. The Morgan fingerprint density at radius 1 is 1.50 bits per heavy atom. The highest BCUT2D eigenvalue weighted by Gasteiger charge is 2.30. The van der Waals surface area contributed by atoms with Gasteiger partial charge in [-0.3, -0.25) is 9.59 Å². The molecule has 0 spiro atoms. The summed E-state index contributed by atoms with van der Waals surface area (Å²) in [6, 6.07) is 3.97. The monoisotopic (exact) mass is 352 g/mol. The van der Waals surface area contributed by atoms with Gasteiger partial charge in [-0.05, 0) is 18.2 Å². The van der Waals surface area contributed by atoms with Gasteiger partial charge in [0.15, 0.2) is 0 Å². The van der Waals surface area contributed by atoms with Crippen molar-refractivity contribution in [2.45, 2.75) is 12.5 Å². The number of ether oxygens (including phenoxy) is 1. The van der Waals surface area contributed by atoms with Crippen molar-refractivity contribution in [3.63, 3.8) is 0 Å². The molecule has 128 valence electrons. The van der Waals surface area contributed by atoms with E-state index in [0.29, 0.717) is 23.4 Å². The molecule has 1 aromatic carbocycles. The van der Waals surface area contributed by atoms with Crippen molar-refractivity contribution in [3.05, 3.63) is 29.7 Å². The normalized spacial score (nSPS) is 17.9. The van der Waals surface area contributed by atoms with Crippen LogP contribution in [0, 0.1) is 5.82 Å². The summed E-state index contributed by atoms with van der Waals surface area (Å²) in [7, 11) is 1.48. The summed E-state index contributed by atoms with van der Waals surface area (Å²) in [6.45, 7) is 0.469. The van der Waals surface area contributed by atoms with E-state index in [2.05, 4.69) is 4.98 Å². The van der Waals surface area contributed by atoms with Crippen LogP contribution in [0.25, 0.3) is 10.9 Å². The van der Waals surface area contributed by atoms with Gasteiger partial charge in [-0.2, -0.15) is 11.8 Å². The molecule has 0 saturated carbocycles. The number of carbonyl (C=O) groups is 2. The van der Waals surface area contributed by atoms with E-state index in [9.17, 15) is 14.0 Å². The predicted octanol–water partition coefficient (Wildman–Crippen LogP) is 2.35. The molecule has 3 rings (SSSR count). The molecule has 2 N–H and O–H groups in total. The number of halogens is 1. The zero-order valence-corrected chi connectivity index (χ0v) is 13.9. The molecule has 1 aliphatic rings. The molecule has 0 bridgehead atoms. The molecule has 1 aliphatic heterocycles. The first kappa shape index (κ1) is 16.6. The number of methoxy groups -OCH3 is 1. The first-order valence-electron chi connectivity index (χ1n) is 7.47. The summed E-state index contributed by atoms with van der Waals surface area (Å²) in [5.74, 6) is 0.0680. The molecular weight excluding hydrogens is 335 g/mol. The van der Waals surface area contributed by atoms with Crippen LogP contribution in [0.2, 0.25) is 0 Å². The molecule has 1 aromatic heterocycles. The predicted molar refractivity (Wildman–Crippen MR) is 89.2 cm³/mol. The summed E-state index contributed by atoms with van der Waals surface area (Å²) in [5, 5.41) is 9.52. The lowest BCUT2D eigenvalue weighted by molar-refractivity contribution is -0.138. The Hall–Kier alpha value is -2.22. The largest absolute Gasteiger partial charge is 0.496 e. The fraction of sp³-hybridized carbons (Fsp3) is 0.375. The highest BCUT2D eigenvalue weighted by Crippen LogP contribution is 2.29. The Balaban J connectivity index is 1.95. The van der Waals surface area contributed by atoms with E-state index in [-0.39, 0.29) is 29.6 Å². The maximum Gasteiger partial charge on any atom is 0.305 e. The Morgan fingerprint density at radius 2 is 2.29 bits per heavy atom. The number of H-pyrrole nitrogens is 1. The number of aliphatic carboxylic acids is 1. The average Bonchev–Trinajstić information content (AvgIpc) is 3.01. The van der Waals surface area contributed by atoms with Gasteiger partial charge in [0.05, 0.1) is 25.1 Å². The number of rotatable bonds is 4. The number of amides is 1. The van der Waals surface area contributed by atoms with Gasteiger partial charge in [0.1, 0.15) is 17.3 Å². The van der Waals surface area contributed by atoms with Gasteiger partial charge >= 0.3 is 5.97 Å². The van der Waals surface area contributed by atoms with Crippen molar-refractivity contribution >= 4 is 34.5 Å². The number of fused-ring (bicyclic) bond motifs is 1. The number of nitrogens with one attached hydrogen (secondary N) is 1. The van der Waals surface area contributed by atoms with Gasteiger partial charge in [0, 0.05) is 23.4 Å². The van der Waals surface area contributed by atoms with E-state index in [1.807, 2.05) is 0 Å². The minimum absolute atomic E-state index is 0.101. The van der Waals surface area contributed by atoms with Crippen molar-refractivity contribution in [2.75, 3.05) is 25.2 Å². The van der Waals surface area contributed by atoms with E-state index < -0.39 is 11.8 Å².